The first kappa shape index (κ1) is 24.8. The van der Waals surface area contributed by atoms with E-state index in [9.17, 15) is 9.59 Å². The van der Waals surface area contributed by atoms with Gasteiger partial charge in [-0.2, -0.15) is 0 Å². The number of hydrogen-bond donors (Lipinski definition) is 0. The molecular formula is C27H32Cl2O3. The molecular weight excluding hydrogens is 443 g/mol. The van der Waals surface area contributed by atoms with Gasteiger partial charge in [0.2, 0.25) is 0 Å². The van der Waals surface area contributed by atoms with Crippen LogP contribution in [0.5, 0.6) is 5.75 Å². The van der Waals surface area contributed by atoms with Crippen molar-refractivity contribution in [2.45, 2.75) is 64.2 Å². The minimum Gasteiger partial charge on any atom is -0.486 e. The quantitative estimate of drug-likeness (QED) is 0.358. The molecule has 0 radical (unpaired) electrons. The molecule has 0 amide bonds. The molecule has 0 bridgehead atoms. The third-order valence-electron chi connectivity index (χ3n) is 6.74. The lowest BCUT2D eigenvalue weighted by Crippen LogP contribution is -2.29. The van der Waals surface area contributed by atoms with E-state index in [0.29, 0.717) is 40.5 Å². The Bertz CT molecular complexity index is 896. The van der Waals surface area contributed by atoms with E-state index in [1.807, 2.05) is 38.1 Å². The fourth-order valence-electron chi connectivity index (χ4n) is 4.48. The largest absolute Gasteiger partial charge is 0.486 e. The number of ketones is 2. The van der Waals surface area contributed by atoms with Crippen LogP contribution in [0.2, 0.25) is 10.0 Å². The van der Waals surface area contributed by atoms with Gasteiger partial charge in [-0.15, -0.1) is 0 Å². The van der Waals surface area contributed by atoms with Crippen molar-refractivity contribution >= 4 is 34.8 Å². The summed E-state index contributed by atoms with van der Waals surface area (Å²) in [4.78, 5) is 25.2. The molecule has 0 atom stereocenters. The number of ether oxygens (including phenoxy) is 1. The van der Waals surface area contributed by atoms with Crippen molar-refractivity contribution in [1.29, 1.82) is 0 Å². The SMILES string of the molecule is CC(C)(C(=O)CCC1CCC(CC(=O)COc2ccc(Cl)cc2)CC1)c1ccc(Cl)cc1. The van der Waals surface area contributed by atoms with Gasteiger partial charge >= 0.3 is 0 Å². The lowest BCUT2D eigenvalue weighted by Gasteiger charge is -2.29. The molecule has 3 rings (SSSR count). The summed E-state index contributed by atoms with van der Waals surface area (Å²) < 4.78 is 5.57. The highest BCUT2D eigenvalue weighted by Crippen LogP contribution is 2.35. The molecule has 2 aromatic carbocycles. The van der Waals surface area contributed by atoms with Gasteiger partial charge in [0.15, 0.2) is 5.78 Å². The first-order valence-electron chi connectivity index (χ1n) is 11.4. The average molecular weight is 475 g/mol. The van der Waals surface area contributed by atoms with Crippen LogP contribution in [0.4, 0.5) is 0 Å². The van der Waals surface area contributed by atoms with E-state index < -0.39 is 5.41 Å². The predicted octanol–water partition coefficient (Wildman–Crippen LogP) is 7.46. The van der Waals surface area contributed by atoms with Crippen LogP contribution >= 0.6 is 23.2 Å². The maximum absolute atomic E-state index is 12.9. The van der Waals surface area contributed by atoms with E-state index in [4.69, 9.17) is 27.9 Å². The maximum atomic E-state index is 12.9. The van der Waals surface area contributed by atoms with Gasteiger partial charge in [0.25, 0.3) is 0 Å². The van der Waals surface area contributed by atoms with Crippen molar-refractivity contribution in [1.82, 2.24) is 0 Å². The van der Waals surface area contributed by atoms with Crippen molar-refractivity contribution in [2.75, 3.05) is 6.61 Å². The molecule has 0 N–H and O–H groups in total. The highest BCUT2D eigenvalue weighted by molar-refractivity contribution is 6.30. The number of carbonyl (C=O) groups is 2. The molecule has 1 fully saturated rings. The van der Waals surface area contributed by atoms with Crippen molar-refractivity contribution < 1.29 is 14.3 Å². The molecule has 1 aliphatic carbocycles. The zero-order chi connectivity index (χ0) is 23.1. The van der Waals surface area contributed by atoms with Gasteiger partial charge in [-0.25, -0.2) is 0 Å². The Labute approximate surface area is 201 Å². The van der Waals surface area contributed by atoms with Crippen LogP contribution in [0.15, 0.2) is 48.5 Å². The standard InChI is InChI=1S/C27H32Cl2O3/c1-27(2,21-8-10-22(28)11-9-21)26(31)16-7-19-3-5-20(6-4-19)17-24(30)18-32-25-14-12-23(29)13-15-25/h8-15,19-20H,3-7,16-18H2,1-2H3. The lowest BCUT2D eigenvalue weighted by molar-refractivity contribution is -0.123. The highest BCUT2D eigenvalue weighted by Gasteiger charge is 2.30. The highest BCUT2D eigenvalue weighted by atomic mass is 35.5. The van der Waals surface area contributed by atoms with Gasteiger partial charge in [0.1, 0.15) is 18.1 Å². The first-order chi connectivity index (χ1) is 15.2. The fourth-order valence-corrected chi connectivity index (χ4v) is 4.73. The van der Waals surface area contributed by atoms with Gasteiger partial charge < -0.3 is 4.74 Å². The Balaban J connectivity index is 1.37. The Morgan fingerprint density at radius 3 is 2.00 bits per heavy atom. The van der Waals surface area contributed by atoms with Crippen LogP contribution in [-0.4, -0.2) is 18.2 Å². The average Bonchev–Trinajstić information content (AvgIpc) is 2.78. The van der Waals surface area contributed by atoms with Crippen LogP contribution in [0, 0.1) is 11.8 Å². The van der Waals surface area contributed by atoms with Gasteiger partial charge in [0.05, 0.1) is 0 Å². The van der Waals surface area contributed by atoms with Gasteiger partial charge in [-0.05, 0) is 86.9 Å². The summed E-state index contributed by atoms with van der Waals surface area (Å²) in [5.74, 6) is 2.07. The van der Waals surface area contributed by atoms with Gasteiger partial charge in [0, 0.05) is 28.3 Å². The Morgan fingerprint density at radius 2 is 1.41 bits per heavy atom. The zero-order valence-corrected chi connectivity index (χ0v) is 20.4. The van der Waals surface area contributed by atoms with Crippen LogP contribution in [0.3, 0.4) is 0 Å². The molecule has 3 nitrogen and oxygen atoms in total. The van der Waals surface area contributed by atoms with Crippen molar-refractivity contribution in [2.24, 2.45) is 11.8 Å². The molecule has 0 aromatic heterocycles. The number of hydrogen-bond acceptors (Lipinski definition) is 3. The zero-order valence-electron chi connectivity index (χ0n) is 18.9. The van der Waals surface area contributed by atoms with E-state index in [2.05, 4.69) is 0 Å². The normalized spacial score (nSPS) is 18.9. The predicted molar refractivity (Wildman–Crippen MR) is 131 cm³/mol. The summed E-state index contributed by atoms with van der Waals surface area (Å²) in [7, 11) is 0. The molecule has 32 heavy (non-hydrogen) atoms. The molecule has 0 aliphatic heterocycles. The maximum Gasteiger partial charge on any atom is 0.170 e. The molecule has 0 heterocycles. The molecule has 1 aliphatic rings. The van der Waals surface area contributed by atoms with Crippen molar-refractivity contribution in [3.05, 3.63) is 64.1 Å². The summed E-state index contributed by atoms with van der Waals surface area (Å²) in [6.07, 6.45) is 6.37. The molecule has 172 valence electrons. The van der Waals surface area contributed by atoms with Crippen LogP contribution in [0.1, 0.15) is 64.4 Å². The molecule has 0 saturated heterocycles. The summed E-state index contributed by atoms with van der Waals surface area (Å²) in [6.45, 7) is 4.09. The van der Waals surface area contributed by atoms with Gasteiger partial charge in [-0.3, -0.25) is 9.59 Å². The van der Waals surface area contributed by atoms with Crippen LogP contribution in [0.25, 0.3) is 0 Å². The van der Waals surface area contributed by atoms with E-state index in [1.165, 1.54) is 0 Å². The smallest absolute Gasteiger partial charge is 0.170 e. The summed E-state index contributed by atoms with van der Waals surface area (Å²) in [5, 5.41) is 1.33. The second kappa shape index (κ2) is 11.3. The van der Waals surface area contributed by atoms with E-state index in [0.717, 1.165) is 37.7 Å². The van der Waals surface area contributed by atoms with Crippen molar-refractivity contribution in [3.63, 3.8) is 0 Å². The number of Topliss-reactive ketones (excluding diaryl/α,β-unsaturated/α-hetero) is 2. The molecule has 1 saturated carbocycles. The lowest BCUT2D eigenvalue weighted by atomic mass is 9.75. The summed E-state index contributed by atoms with van der Waals surface area (Å²) in [6, 6.07) is 14.6. The Hall–Kier alpha value is -1.84. The number of rotatable bonds is 10. The summed E-state index contributed by atoms with van der Waals surface area (Å²) in [5.41, 5.74) is 0.508. The van der Waals surface area contributed by atoms with E-state index in [-0.39, 0.29) is 18.2 Å². The topological polar surface area (TPSA) is 43.4 Å². The molecule has 0 unspecified atom stereocenters. The third-order valence-corrected chi connectivity index (χ3v) is 7.24. The minimum atomic E-state index is -0.502. The monoisotopic (exact) mass is 474 g/mol. The van der Waals surface area contributed by atoms with Gasteiger partial charge in [-0.1, -0.05) is 48.2 Å². The second-order valence-corrected chi connectivity index (χ2v) is 10.3. The Kier molecular flexibility index (Phi) is 8.79. The van der Waals surface area contributed by atoms with E-state index >= 15 is 0 Å². The van der Waals surface area contributed by atoms with Crippen LogP contribution in [-0.2, 0) is 15.0 Å². The Morgan fingerprint density at radius 1 is 0.875 bits per heavy atom. The van der Waals surface area contributed by atoms with Crippen LogP contribution < -0.4 is 4.74 Å². The van der Waals surface area contributed by atoms with Crippen molar-refractivity contribution in [3.8, 4) is 5.75 Å². The van der Waals surface area contributed by atoms with E-state index in [1.54, 1.807) is 24.3 Å². The number of carbonyl (C=O) groups excluding carboxylic acids is 2. The minimum absolute atomic E-state index is 0.107. The number of halogens is 2. The number of benzene rings is 2. The molecule has 2 aromatic rings. The third kappa shape index (κ3) is 7.08. The second-order valence-electron chi connectivity index (χ2n) is 9.47. The summed E-state index contributed by atoms with van der Waals surface area (Å²) >= 11 is 11.8. The molecule has 0 spiro atoms. The fraction of sp³-hybridized carbons (Fsp3) is 0.481. The first-order valence-corrected chi connectivity index (χ1v) is 12.2. The molecule has 5 heteroatoms.